The topological polar surface area (TPSA) is 29.9 Å². The molecule has 0 saturated carbocycles. The Balaban J connectivity index is 1.78. The Hall–Kier alpha value is -1.81. The number of nitrogens with zero attached hydrogens (tertiary/aromatic N) is 2. The van der Waals surface area contributed by atoms with Crippen LogP contribution in [0.2, 0.25) is 0 Å². The number of nitrogens with one attached hydrogen (secondary N) is 1. The summed E-state index contributed by atoms with van der Waals surface area (Å²) in [7, 11) is 2.01. The second-order valence-electron chi connectivity index (χ2n) is 4.02. The Kier molecular flexibility index (Phi) is 2.57. The molecule has 86 valence electrons. The Labute approximate surface area is 104 Å². The molecule has 1 N–H and O–H groups in total. The number of hydrogen-bond donors (Lipinski definition) is 1. The molecule has 0 aliphatic carbocycles. The maximum absolute atomic E-state index is 4.10. The van der Waals surface area contributed by atoms with Crippen LogP contribution in [0.15, 0.2) is 42.2 Å². The zero-order valence-corrected chi connectivity index (χ0v) is 10.4. The van der Waals surface area contributed by atoms with Gasteiger partial charge < -0.3 is 9.88 Å². The van der Waals surface area contributed by atoms with Crippen molar-refractivity contribution in [2.75, 3.05) is 5.32 Å². The summed E-state index contributed by atoms with van der Waals surface area (Å²) < 4.78 is 3.35. The SMILES string of the molecule is Cn1cncc1CNc1ccc2sccc2c1. The van der Waals surface area contributed by atoms with Crippen molar-refractivity contribution in [1.29, 1.82) is 0 Å². The molecule has 4 heteroatoms. The lowest BCUT2D eigenvalue weighted by Crippen LogP contribution is -2.03. The standard InChI is InChI=1S/C13H13N3S/c1-16-9-14-7-12(16)8-15-11-2-3-13-10(6-11)4-5-17-13/h2-7,9,15H,8H2,1H3. The van der Waals surface area contributed by atoms with E-state index >= 15 is 0 Å². The van der Waals surface area contributed by atoms with Gasteiger partial charge in [-0.1, -0.05) is 0 Å². The van der Waals surface area contributed by atoms with Gasteiger partial charge in [0, 0.05) is 23.6 Å². The first kappa shape index (κ1) is 10.4. The number of imidazole rings is 1. The van der Waals surface area contributed by atoms with Crippen molar-refractivity contribution < 1.29 is 0 Å². The largest absolute Gasteiger partial charge is 0.379 e. The molecule has 3 aromatic rings. The zero-order valence-electron chi connectivity index (χ0n) is 9.55. The van der Waals surface area contributed by atoms with E-state index in [0.29, 0.717) is 0 Å². The first-order chi connectivity index (χ1) is 8.33. The van der Waals surface area contributed by atoms with Crippen LogP contribution >= 0.6 is 11.3 Å². The number of rotatable bonds is 3. The molecule has 0 aliphatic heterocycles. The number of aromatic nitrogens is 2. The molecule has 0 radical (unpaired) electrons. The van der Waals surface area contributed by atoms with Crippen molar-refractivity contribution in [2.45, 2.75) is 6.54 Å². The van der Waals surface area contributed by atoms with E-state index in [2.05, 4.69) is 39.9 Å². The number of benzene rings is 1. The fourth-order valence-electron chi connectivity index (χ4n) is 1.82. The Morgan fingerprint density at radius 3 is 3.12 bits per heavy atom. The van der Waals surface area contributed by atoms with Gasteiger partial charge in [0.1, 0.15) is 0 Å². The molecule has 17 heavy (non-hydrogen) atoms. The lowest BCUT2D eigenvalue weighted by Gasteiger charge is -2.06. The summed E-state index contributed by atoms with van der Waals surface area (Å²) >= 11 is 1.77. The van der Waals surface area contributed by atoms with Gasteiger partial charge >= 0.3 is 0 Å². The Morgan fingerprint density at radius 1 is 1.35 bits per heavy atom. The van der Waals surface area contributed by atoms with E-state index < -0.39 is 0 Å². The van der Waals surface area contributed by atoms with Crippen LogP contribution in [0.5, 0.6) is 0 Å². The first-order valence-electron chi connectivity index (χ1n) is 5.49. The van der Waals surface area contributed by atoms with Crippen molar-refractivity contribution in [1.82, 2.24) is 9.55 Å². The Morgan fingerprint density at radius 2 is 2.29 bits per heavy atom. The minimum Gasteiger partial charge on any atom is -0.379 e. The van der Waals surface area contributed by atoms with Crippen LogP contribution in [0.3, 0.4) is 0 Å². The smallest absolute Gasteiger partial charge is 0.0946 e. The van der Waals surface area contributed by atoms with Gasteiger partial charge in [-0.15, -0.1) is 11.3 Å². The highest BCUT2D eigenvalue weighted by Crippen LogP contribution is 2.24. The molecule has 3 rings (SSSR count). The number of aryl methyl sites for hydroxylation is 1. The van der Waals surface area contributed by atoms with E-state index in [1.54, 1.807) is 11.3 Å². The minimum absolute atomic E-state index is 0.798. The number of anilines is 1. The molecule has 3 nitrogen and oxygen atoms in total. The minimum atomic E-state index is 0.798. The first-order valence-corrected chi connectivity index (χ1v) is 6.37. The average molecular weight is 243 g/mol. The highest BCUT2D eigenvalue weighted by molar-refractivity contribution is 7.17. The quantitative estimate of drug-likeness (QED) is 0.765. The maximum atomic E-state index is 4.10. The van der Waals surface area contributed by atoms with Gasteiger partial charge in [-0.3, -0.25) is 0 Å². The molecule has 2 heterocycles. The molecule has 0 spiro atoms. The molecule has 0 saturated heterocycles. The van der Waals surface area contributed by atoms with Crippen molar-refractivity contribution in [3.05, 3.63) is 47.9 Å². The molecule has 0 amide bonds. The predicted octanol–water partition coefficient (Wildman–Crippen LogP) is 3.25. The van der Waals surface area contributed by atoms with Crippen LogP contribution in [0.1, 0.15) is 5.69 Å². The van der Waals surface area contributed by atoms with Crippen LogP contribution in [0.4, 0.5) is 5.69 Å². The fraction of sp³-hybridized carbons (Fsp3) is 0.154. The van der Waals surface area contributed by atoms with E-state index in [1.165, 1.54) is 15.8 Å². The van der Waals surface area contributed by atoms with Gasteiger partial charge in [0.15, 0.2) is 0 Å². The summed E-state index contributed by atoms with van der Waals surface area (Å²) in [6.07, 6.45) is 3.70. The lowest BCUT2D eigenvalue weighted by atomic mass is 10.2. The molecule has 0 fully saturated rings. The van der Waals surface area contributed by atoms with Crippen molar-refractivity contribution in [3.63, 3.8) is 0 Å². The van der Waals surface area contributed by atoms with E-state index in [1.807, 2.05) is 24.1 Å². The van der Waals surface area contributed by atoms with Crippen molar-refractivity contribution in [2.24, 2.45) is 7.05 Å². The van der Waals surface area contributed by atoms with E-state index in [0.717, 1.165) is 12.2 Å². The third-order valence-corrected chi connectivity index (χ3v) is 3.74. The molecule has 0 bridgehead atoms. The van der Waals surface area contributed by atoms with Crippen molar-refractivity contribution in [3.8, 4) is 0 Å². The maximum Gasteiger partial charge on any atom is 0.0946 e. The van der Waals surface area contributed by atoms with E-state index in [-0.39, 0.29) is 0 Å². The normalized spacial score (nSPS) is 10.9. The molecule has 1 aromatic carbocycles. The Bertz CT molecular complexity index is 639. The van der Waals surface area contributed by atoms with Gasteiger partial charge in [-0.2, -0.15) is 0 Å². The fourth-order valence-corrected chi connectivity index (χ4v) is 2.60. The summed E-state index contributed by atoms with van der Waals surface area (Å²) in [5, 5.41) is 6.83. The molecule has 0 aliphatic rings. The molecule has 0 unspecified atom stereocenters. The van der Waals surface area contributed by atoms with Crippen LogP contribution in [0, 0.1) is 0 Å². The number of thiophene rings is 1. The van der Waals surface area contributed by atoms with Gasteiger partial charge in [-0.25, -0.2) is 4.98 Å². The summed E-state index contributed by atoms with van der Waals surface area (Å²) in [6.45, 7) is 0.798. The highest BCUT2D eigenvalue weighted by Gasteiger charge is 2.00. The van der Waals surface area contributed by atoms with E-state index in [9.17, 15) is 0 Å². The summed E-state index contributed by atoms with van der Waals surface area (Å²) in [6, 6.07) is 8.61. The van der Waals surface area contributed by atoms with Gasteiger partial charge in [0.25, 0.3) is 0 Å². The third-order valence-electron chi connectivity index (χ3n) is 2.84. The van der Waals surface area contributed by atoms with Crippen molar-refractivity contribution >= 4 is 27.1 Å². The number of fused-ring (bicyclic) bond motifs is 1. The second kappa shape index (κ2) is 4.22. The lowest BCUT2D eigenvalue weighted by molar-refractivity contribution is 0.837. The molecule has 0 atom stereocenters. The summed E-state index contributed by atoms with van der Waals surface area (Å²) in [5.41, 5.74) is 2.33. The van der Waals surface area contributed by atoms with Gasteiger partial charge in [0.05, 0.1) is 18.6 Å². The zero-order chi connectivity index (χ0) is 11.7. The summed E-state index contributed by atoms with van der Waals surface area (Å²) in [5.74, 6) is 0. The monoisotopic (exact) mass is 243 g/mol. The van der Waals surface area contributed by atoms with Crippen LogP contribution < -0.4 is 5.32 Å². The molecule has 2 aromatic heterocycles. The van der Waals surface area contributed by atoms with Crippen LogP contribution in [-0.2, 0) is 13.6 Å². The van der Waals surface area contributed by atoms with Crippen LogP contribution in [-0.4, -0.2) is 9.55 Å². The summed E-state index contributed by atoms with van der Waals surface area (Å²) in [4.78, 5) is 4.10. The second-order valence-corrected chi connectivity index (χ2v) is 4.97. The van der Waals surface area contributed by atoms with Gasteiger partial charge in [0.2, 0.25) is 0 Å². The van der Waals surface area contributed by atoms with E-state index in [4.69, 9.17) is 0 Å². The number of hydrogen-bond acceptors (Lipinski definition) is 3. The predicted molar refractivity (Wildman–Crippen MR) is 72.4 cm³/mol. The third kappa shape index (κ3) is 2.03. The highest BCUT2D eigenvalue weighted by atomic mass is 32.1. The van der Waals surface area contributed by atoms with Crippen LogP contribution in [0.25, 0.3) is 10.1 Å². The van der Waals surface area contributed by atoms with Gasteiger partial charge in [-0.05, 0) is 35.0 Å². The molecular formula is C13H13N3S. The molecular weight excluding hydrogens is 230 g/mol. The average Bonchev–Trinajstić information content (AvgIpc) is 2.94.